The molecule has 2 N–H and O–H groups in total. The second kappa shape index (κ2) is 4.38. The van der Waals surface area contributed by atoms with Crippen LogP contribution in [0, 0.1) is 5.82 Å². The molecule has 1 atom stereocenters. The number of anilines is 1. The fraction of sp³-hybridized carbons (Fsp3) is 0.333. The van der Waals surface area contributed by atoms with E-state index in [1.807, 2.05) is 0 Å². The number of nitrogens with zero attached hydrogens (tertiary/aromatic N) is 2. The Morgan fingerprint density at radius 2 is 2.28 bits per heavy atom. The van der Waals surface area contributed by atoms with Crippen LogP contribution in [0.1, 0.15) is 24.8 Å². The minimum atomic E-state index is -0.393. The summed E-state index contributed by atoms with van der Waals surface area (Å²) >= 11 is 0. The number of ether oxygens (including phenoxy) is 1. The lowest BCUT2D eigenvalue weighted by atomic mass is 10.2. The number of nitrogens with two attached hydrogens (primary N) is 1. The molecule has 1 aliphatic heterocycles. The van der Waals surface area contributed by atoms with Gasteiger partial charge in [0.25, 0.3) is 5.89 Å². The average Bonchev–Trinajstić information content (AvgIpc) is 2.99. The molecule has 1 saturated heterocycles. The molecule has 0 radical (unpaired) electrons. The summed E-state index contributed by atoms with van der Waals surface area (Å²) in [5.74, 6) is 0.416. The number of rotatable bonds is 2. The lowest BCUT2D eigenvalue weighted by Crippen LogP contribution is -1.98. The highest BCUT2D eigenvalue weighted by atomic mass is 19.1. The van der Waals surface area contributed by atoms with Gasteiger partial charge < -0.3 is 15.0 Å². The lowest BCUT2D eigenvalue weighted by Gasteiger charge is -2.01. The van der Waals surface area contributed by atoms with Crippen molar-refractivity contribution in [2.75, 3.05) is 12.3 Å². The predicted octanol–water partition coefficient (Wildman–Crippen LogP) is 2.31. The van der Waals surface area contributed by atoms with Crippen LogP contribution in [0.5, 0.6) is 0 Å². The van der Waals surface area contributed by atoms with Gasteiger partial charge in [-0.1, -0.05) is 5.16 Å². The lowest BCUT2D eigenvalue weighted by molar-refractivity contribution is 0.103. The summed E-state index contributed by atoms with van der Waals surface area (Å²) in [5.41, 5.74) is 6.53. The van der Waals surface area contributed by atoms with Gasteiger partial charge in [0.15, 0.2) is 0 Å². The topological polar surface area (TPSA) is 74.2 Å². The summed E-state index contributed by atoms with van der Waals surface area (Å²) < 4.78 is 23.5. The van der Waals surface area contributed by atoms with E-state index in [0.29, 0.717) is 18.0 Å². The molecule has 6 heteroatoms. The van der Waals surface area contributed by atoms with E-state index < -0.39 is 5.82 Å². The van der Waals surface area contributed by atoms with E-state index in [2.05, 4.69) is 10.1 Å². The number of halogens is 1. The van der Waals surface area contributed by atoms with Gasteiger partial charge in [-0.3, -0.25) is 0 Å². The first-order valence-electron chi connectivity index (χ1n) is 5.74. The Labute approximate surface area is 103 Å². The molecule has 2 aromatic rings. The van der Waals surface area contributed by atoms with Gasteiger partial charge in [-0.2, -0.15) is 4.98 Å². The van der Waals surface area contributed by atoms with Crippen molar-refractivity contribution in [1.29, 1.82) is 0 Å². The van der Waals surface area contributed by atoms with E-state index in [0.717, 1.165) is 12.8 Å². The van der Waals surface area contributed by atoms with E-state index in [1.54, 1.807) is 0 Å². The van der Waals surface area contributed by atoms with Crippen LogP contribution in [0.15, 0.2) is 22.7 Å². The summed E-state index contributed by atoms with van der Waals surface area (Å²) in [6.45, 7) is 0.716. The molecule has 3 rings (SSSR count). The van der Waals surface area contributed by atoms with E-state index in [1.165, 1.54) is 18.2 Å². The molecular weight excluding hydrogens is 237 g/mol. The van der Waals surface area contributed by atoms with Gasteiger partial charge >= 0.3 is 0 Å². The second-order valence-corrected chi connectivity index (χ2v) is 4.19. The number of aromatic nitrogens is 2. The van der Waals surface area contributed by atoms with Gasteiger partial charge in [-0.15, -0.1) is 0 Å². The first-order valence-corrected chi connectivity index (χ1v) is 5.74. The van der Waals surface area contributed by atoms with Crippen LogP contribution in [-0.2, 0) is 4.74 Å². The van der Waals surface area contributed by atoms with Crippen LogP contribution < -0.4 is 5.73 Å². The Morgan fingerprint density at radius 3 is 3.00 bits per heavy atom. The Bertz CT molecular complexity index is 564. The summed E-state index contributed by atoms with van der Waals surface area (Å²) in [4.78, 5) is 4.25. The monoisotopic (exact) mass is 249 g/mol. The molecular formula is C12H12FN3O2. The SMILES string of the molecule is Nc1cc(F)ccc1-c1nc(C2CCCO2)no1. The van der Waals surface area contributed by atoms with Gasteiger partial charge in [0, 0.05) is 12.3 Å². The van der Waals surface area contributed by atoms with Crippen molar-refractivity contribution in [2.24, 2.45) is 0 Å². The predicted molar refractivity (Wildman–Crippen MR) is 62.0 cm³/mol. The van der Waals surface area contributed by atoms with Gasteiger partial charge in [0.05, 0.1) is 5.56 Å². The second-order valence-electron chi connectivity index (χ2n) is 4.19. The van der Waals surface area contributed by atoms with Gasteiger partial charge in [0.2, 0.25) is 5.82 Å². The quantitative estimate of drug-likeness (QED) is 0.826. The molecule has 1 unspecified atom stereocenters. The summed E-state index contributed by atoms with van der Waals surface area (Å²) in [5, 5.41) is 3.88. The molecule has 18 heavy (non-hydrogen) atoms. The van der Waals surface area contributed by atoms with Crippen LogP contribution >= 0.6 is 0 Å². The molecule has 1 aliphatic rings. The van der Waals surface area contributed by atoms with Crippen LogP contribution in [0.4, 0.5) is 10.1 Å². The fourth-order valence-electron chi connectivity index (χ4n) is 1.98. The van der Waals surface area contributed by atoms with Crippen molar-refractivity contribution in [3.05, 3.63) is 29.8 Å². The van der Waals surface area contributed by atoms with Crippen molar-refractivity contribution in [3.63, 3.8) is 0 Å². The third-order valence-electron chi connectivity index (χ3n) is 2.90. The summed E-state index contributed by atoms with van der Waals surface area (Å²) in [6, 6.07) is 4.06. The highest BCUT2D eigenvalue weighted by Gasteiger charge is 2.24. The van der Waals surface area contributed by atoms with Crippen LogP contribution in [0.25, 0.3) is 11.5 Å². The fourth-order valence-corrected chi connectivity index (χ4v) is 1.98. The average molecular weight is 249 g/mol. The molecule has 0 bridgehead atoms. The number of hydrogen-bond donors (Lipinski definition) is 1. The smallest absolute Gasteiger partial charge is 0.260 e. The maximum atomic E-state index is 12.9. The zero-order valence-corrected chi connectivity index (χ0v) is 9.60. The highest BCUT2D eigenvalue weighted by Crippen LogP contribution is 2.30. The Hall–Kier alpha value is -1.95. The van der Waals surface area contributed by atoms with Crippen LogP contribution in [-0.4, -0.2) is 16.7 Å². The van der Waals surface area contributed by atoms with Crippen LogP contribution in [0.2, 0.25) is 0 Å². The van der Waals surface area contributed by atoms with Crippen LogP contribution in [0.3, 0.4) is 0 Å². The van der Waals surface area contributed by atoms with E-state index in [9.17, 15) is 4.39 Å². The Morgan fingerprint density at radius 1 is 1.39 bits per heavy atom. The standard InChI is InChI=1S/C12H12FN3O2/c13-7-3-4-8(9(14)6-7)12-15-11(16-18-12)10-2-1-5-17-10/h3-4,6,10H,1-2,5,14H2. The molecule has 0 saturated carbocycles. The Kier molecular flexibility index (Phi) is 2.71. The van der Waals surface area contributed by atoms with Crippen molar-refractivity contribution in [1.82, 2.24) is 10.1 Å². The third kappa shape index (κ3) is 1.95. The molecule has 94 valence electrons. The molecule has 1 fully saturated rings. The molecule has 0 spiro atoms. The molecule has 5 nitrogen and oxygen atoms in total. The molecule has 0 aliphatic carbocycles. The van der Waals surface area contributed by atoms with Gasteiger partial charge in [0.1, 0.15) is 11.9 Å². The first-order chi connectivity index (χ1) is 8.74. The van der Waals surface area contributed by atoms with Gasteiger partial charge in [-0.05, 0) is 31.0 Å². The molecule has 2 heterocycles. The van der Waals surface area contributed by atoms with E-state index >= 15 is 0 Å². The zero-order valence-electron chi connectivity index (χ0n) is 9.60. The van der Waals surface area contributed by atoms with E-state index in [-0.39, 0.29) is 17.7 Å². The maximum Gasteiger partial charge on any atom is 0.260 e. The summed E-state index contributed by atoms with van der Waals surface area (Å²) in [6.07, 6.45) is 1.77. The molecule has 1 aromatic carbocycles. The highest BCUT2D eigenvalue weighted by molar-refractivity contribution is 5.70. The van der Waals surface area contributed by atoms with Crippen molar-refractivity contribution < 1.29 is 13.7 Å². The number of hydrogen-bond acceptors (Lipinski definition) is 5. The minimum absolute atomic E-state index is 0.107. The molecule has 1 aromatic heterocycles. The maximum absolute atomic E-state index is 12.9. The van der Waals surface area contributed by atoms with Crippen molar-refractivity contribution >= 4 is 5.69 Å². The van der Waals surface area contributed by atoms with E-state index in [4.69, 9.17) is 15.0 Å². The third-order valence-corrected chi connectivity index (χ3v) is 2.90. The zero-order chi connectivity index (χ0) is 12.5. The number of nitrogen functional groups attached to an aromatic ring is 1. The summed E-state index contributed by atoms with van der Waals surface area (Å²) in [7, 11) is 0. The first kappa shape index (κ1) is 11.2. The minimum Gasteiger partial charge on any atom is -0.398 e. The van der Waals surface area contributed by atoms with Gasteiger partial charge in [-0.25, -0.2) is 4.39 Å². The molecule has 0 amide bonds. The normalized spacial score (nSPS) is 19.3. The number of benzene rings is 1. The Balaban J connectivity index is 1.92. The van der Waals surface area contributed by atoms with Crippen molar-refractivity contribution in [2.45, 2.75) is 18.9 Å². The largest absolute Gasteiger partial charge is 0.398 e. The van der Waals surface area contributed by atoms with Crippen molar-refractivity contribution in [3.8, 4) is 11.5 Å².